The number of aromatic nitrogens is 2. The zero-order valence-electron chi connectivity index (χ0n) is 25.6. The molecule has 8 heteroatoms. The first-order valence-corrected chi connectivity index (χ1v) is 16.5. The molecule has 2 saturated heterocycles. The quantitative estimate of drug-likeness (QED) is 0.301. The standard InChI is InChI=1S/C36H46N4O4/c41-34(42)25-40-31(20-26-10-4-1-5-11-26)21-33(37-40)28-16-18-38(19-17-28)22-30-23-39(24-32(30)27-12-6-2-7-13-27)35(36(43)44)29-14-8-3-9-15-29/h1-2,4-7,10-13,21,28-30,32,35H,3,8-9,14-20,22-25H2,(H,41,42)(H,43,44). The number of nitrogens with zero attached hydrogens (tertiary/aromatic N) is 4. The summed E-state index contributed by atoms with van der Waals surface area (Å²) in [6.45, 7) is 4.41. The Morgan fingerprint density at radius 2 is 1.55 bits per heavy atom. The van der Waals surface area contributed by atoms with Crippen LogP contribution in [0.4, 0.5) is 0 Å². The van der Waals surface area contributed by atoms with Crippen molar-refractivity contribution in [1.29, 1.82) is 0 Å². The van der Waals surface area contributed by atoms with Gasteiger partial charge in [0.1, 0.15) is 12.6 Å². The second kappa shape index (κ2) is 14.1. The molecule has 0 spiro atoms. The van der Waals surface area contributed by atoms with Crippen molar-refractivity contribution in [3.63, 3.8) is 0 Å². The van der Waals surface area contributed by atoms with Crippen LogP contribution >= 0.6 is 0 Å². The van der Waals surface area contributed by atoms with Gasteiger partial charge < -0.3 is 15.1 Å². The van der Waals surface area contributed by atoms with Crippen LogP contribution in [-0.4, -0.2) is 80.5 Å². The van der Waals surface area contributed by atoms with E-state index >= 15 is 0 Å². The zero-order chi connectivity index (χ0) is 30.5. The van der Waals surface area contributed by atoms with Crippen LogP contribution < -0.4 is 0 Å². The maximum absolute atomic E-state index is 12.6. The van der Waals surface area contributed by atoms with E-state index in [0.29, 0.717) is 24.2 Å². The van der Waals surface area contributed by atoms with E-state index in [4.69, 9.17) is 5.10 Å². The minimum Gasteiger partial charge on any atom is -0.480 e. The number of carbonyl (C=O) groups is 2. The number of likely N-dealkylation sites (tertiary alicyclic amines) is 2. The van der Waals surface area contributed by atoms with Gasteiger partial charge in [0.05, 0.1) is 5.69 Å². The minimum absolute atomic E-state index is 0.127. The summed E-state index contributed by atoms with van der Waals surface area (Å²) in [4.78, 5) is 29.0. The first-order chi connectivity index (χ1) is 21.4. The van der Waals surface area contributed by atoms with Gasteiger partial charge in [0.2, 0.25) is 0 Å². The molecule has 1 aromatic heterocycles. The van der Waals surface area contributed by atoms with Gasteiger partial charge in [-0.05, 0) is 67.8 Å². The van der Waals surface area contributed by atoms with Gasteiger partial charge in [0.25, 0.3) is 0 Å². The molecule has 8 nitrogen and oxygen atoms in total. The summed E-state index contributed by atoms with van der Waals surface area (Å²) in [6.07, 6.45) is 8.20. The van der Waals surface area contributed by atoms with E-state index in [9.17, 15) is 19.8 Å². The highest BCUT2D eigenvalue weighted by atomic mass is 16.4. The fraction of sp³-hybridized carbons (Fsp3) is 0.528. The van der Waals surface area contributed by atoms with Gasteiger partial charge in [0, 0.05) is 43.6 Å². The van der Waals surface area contributed by atoms with E-state index < -0.39 is 11.9 Å². The Hall–Kier alpha value is -3.49. The minimum atomic E-state index is -0.879. The molecule has 3 heterocycles. The van der Waals surface area contributed by atoms with E-state index in [1.807, 2.05) is 18.2 Å². The molecule has 3 atom stereocenters. The van der Waals surface area contributed by atoms with Gasteiger partial charge >= 0.3 is 11.9 Å². The molecule has 1 saturated carbocycles. The van der Waals surface area contributed by atoms with Crippen molar-refractivity contribution in [3.05, 3.63) is 89.2 Å². The maximum atomic E-state index is 12.6. The lowest BCUT2D eigenvalue weighted by molar-refractivity contribution is -0.145. The average molecular weight is 599 g/mol. The average Bonchev–Trinajstić information content (AvgIpc) is 3.62. The number of piperidine rings is 1. The number of aliphatic carboxylic acids is 2. The normalized spacial score (nSPS) is 23.1. The van der Waals surface area contributed by atoms with Crippen LogP contribution in [0.3, 0.4) is 0 Å². The monoisotopic (exact) mass is 598 g/mol. The Kier molecular flexibility index (Phi) is 9.77. The molecule has 44 heavy (non-hydrogen) atoms. The molecule has 2 N–H and O–H groups in total. The van der Waals surface area contributed by atoms with E-state index in [1.54, 1.807) is 4.68 Å². The largest absolute Gasteiger partial charge is 0.480 e. The van der Waals surface area contributed by atoms with E-state index in [2.05, 4.69) is 58.3 Å². The fourth-order valence-electron chi connectivity index (χ4n) is 8.13. The third-order valence-electron chi connectivity index (χ3n) is 10.3. The molecular formula is C36H46N4O4. The lowest BCUT2D eigenvalue weighted by atomic mass is 9.83. The highest BCUT2D eigenvalue weighted by molar-refractivity contribution is 5.74. The predicted octanol–water partition coefficient (Wildman–Crippen LogP) is 5.49. The van der Waals surface area contributed by atoms with Crippen molar-refractivity contribution in [2.24, 2.45) is 11.8 Å². The Balaban J connectivity index is 1.13. The highest BCUT2D eigenvalue weighted by Gasteiger charge is 2.43. The lowest BCUT2D eigenvalue weighted by Gasteiger charge is -2.35. The summed E-state index contributed by atoms with van der Waals surface area (Å²) < 4.78 is 1.67. The van der Waals surface area contributed by atoms with Crippen molar-refractivity contribution in [2.45, 2.75) is 75.8 Å². The topological polar surface area (TPSA) is 98.9 Å². The molecule has 0 amide bonds. The van der Waals surface area contributed by atoms with E-state index in [-0.39, 0.29) is 18.5 Å². The van der Waals surface area contributed by atoms with Crippen molar-refractivity contribution >= 4 is 11.9 Å². The molecule has 3 fully saturated rings. The molecular weight excluding hydrogens is 552 g/mol. The number of hydrogen-bond acceptors (Lipinski definition) is 5. The molecule has 1 aliphatic carbocycles. The van der Waals surface area contributed by atoms with E-state index in [0.717, 1.165) is 88.2 Å². The third-order valence-corrected chi connectivity index (χ3v) is 10.3. The molecule has 234 valence electrons. The smallest absolute Gasteiger partial charge is 0.325 e. The van der Waals surface area contributed by atoms with Gasteiger partial charge in [0.15, 0.2) is 0 Å². The van der Waals surface area contributed by atoms with Gasteiger partial charge in [-0.1, -0.05) is 79.9 Å². The van der Waals surface area contributed by atoms with Gasteiger partial charge in [-0.3, -0.25) is 19.2 Å². The summed E-state index contributed by atoms with van der Waals surface area (Å²) in [5.74, 6) is -0.267. The maximum Gasteiger partial charge on any atom is 0.325 e. The first kappa shape index (κ1) is 30.5. The molecule has 2 aliphatic heterocycles. The lowest BCUT2D eigenvalue weighted by Crippen LogP contribution is -2.46. The molecule has 2 aromatic carbocycles. The number of rotatable bonds is 11. The second-order valence-electron chi connectivity index (χ2n) is 13.3. The van der Waals surface area contributed by atoms with Crippen LogP contribution in [0.15, 0.2) is 66.7 Å². The van der Waals surface area contributed by atoms with Gasteiger partial charge in [-0.15, -0.1) is 0 Å². The molecule has 3 aliphatic rings. The SMILES string of the molecule is O=C(O)Cn1nc(C2CCN(CC3CN(C(C(=O)O)C4CCCCC4)CC3c3ccccc3)CC2)cc1Cc1ccccc1. The third kappa shape index (κ3) is 7.24. The van der Waals surface area contributed by atoms with Crippen LogP contribution in [0.25, 0.3) is 0 Å². The summed E-state index contributed by atoms with van der Waals surface area (Å²) in [5, 5.41) is 24.6. The van der Waals surface area contributed by atoms with Crippen molar-refractivity contribution in [2.75, 3.05) is 32.7 Å². The Bertz CT molecular complexity index is 1380. The predicted molar refractivity (Wildman–Crippen MR) is 170 cm³/mol. The molecule has 0 bridgehead atoms. The van der Waals surface area contributed by atoms with Crippen molar-refractivity contribution < 1.29 is 19.8 Å². The van der Waals surface area contributed by atoms with Gasteiger partial charge in [-0.2, -0.15) is 5.10 Å². The van der Waals surface area contributed by atoms with Crippen LogP contribution in [0, 0.1) is 11.8 Å². The van der Waals surface area contributed by atoms with Crippen LogP contribution in [0.2, 0.25) is 0 Å². The molecule has 3 aromatic rings. The summed E-state index contributed by atoms with van der Waals surface area (Å²) in [7, 11) is 0. The zero-order valence-corrected chi connectivity index (χ0v) is 25.6. The van der Waals surface area contributed by atoms with Crippen LogP contribution in [0.5, 0.6) is 0 Å². The molecule has 0 radical (unpaired) electrons. The summed E-state index contributed by atoms with van der Waals surface area (Å²) in [6, 6.07) is 22.6. The summed E-state index contributed by atoms with van der Waals surface area (Å²) in [5.41, 5.74) is 4.41. The highest BCUT2D eigenvalue weighted by Crippen LogP contribution is 2.39. The molecule has 6 rings (SSSR count). The van der Waals surface area contributed by atoms with Crippen LogP contribution in [0.1, 0.15) is 79.3 Å². The first-order valence-electron chi connectivity index (χ1n) is 16.5. The Morgan fingerprint density at radius 3 is 2.20 bits per heavy atom. The second-order valence-corrected chi connectivity index (χ2v) is 13.3. The summed E-state index contributed by atoms with van der Waals surface area (Å²) >= 11 is 0. The number of carboxylic acid groups (broad SMARTS) is 2. The number of hydrogen-bond donors (Lipinski definition) is 2. The Morgan fingerprint density at radius 1 is 0.864 bits per heavy atom. The van der Waals surface area contributed by atoms with E-state index in [1.165, 1.54) is 12.0 Å². The number of benzene rings is 2. The Labute approximate surface area is 260 Å². The number of carboxylic acids is 2. The molecule has 3 unspecified atom stereocenters. The fourth-order valence-corrected chi connectivity index (χ4v) is 8.13. The van der Waals surface area contributed by atoms with Crippen molar-refractivity contribution in [3.8, 4) is 0 Å². The van der Waals surface area contributed by atoms with Crippen LogP contribution in [-0.2, 0) is 22.6 Å². The van der Waals surface area contributed by atoms with Gasteiger partial charge in [-0.25, -0.2) is 0 Å². The van der Waals surface area contributed by atoms with Crippen molar-refractivity contribution in [1.82, 2.24) is 19.6 Å².